The standard InChI is InChI=1S/C24H28NO3/c26-21-6-2-1-5-20(21)24(11-3-4-12-24)19-10-14-25(16-19)13-9-18-7-8-22-23(15-18)28-17-27-22/h1-2,6-8,15,19,26H,3-4,9-14,16-17H2/t19-/m1/s1. The molecule has 147 valence electrons. The lowest BCUT2D eigenvalue weighted by Crippen LogP contribution is -2.35. The number of hydrogen-bond acceptors (Lipinski definition) is 4. The van der Waals surface area contributed by atoms with Gasteiger partial charge in [0.25, 0.3) is 0 Å². The Bertz CT molecular complexity index is 843. The molecule has 0 bridgehead atoms. The Kier molecular flexibility index (Phi) is 4.67. The van der Waals surface area contributed by atoms with Crippen LogP contribution >= 0.6 is 0 Å². The normalized spacial score (nSPS) is 23.4. The van der Waals surface area contributed by atoms with Crippen molar-refractivity contribution in [2.75, 3.05) is 26.4 Å². The third kappa shape index (κ3) is 3.14. The molecule has 3 aliphatic rings. The first-order chi connectivity index (χ1) is 13.7. The number of hydrogen-bond donors (Lipinski definition) is 1. The minimum atomic E-state index is 0.110. The first-order valence-corrected chi connectivity index (χ1v) is 10.6. The molecule has 2 fully saturated rings. The van der Waals surface area contributed by atoms with Crippen LogP contribution in [-0.2, 0) is 11.8 Å². The van der Waals surface area contributed by atoms with Gasteiger partial charge < -0.3 is 19.5 Å². The Morgan fingerprint density at radius 3 is 2.86 bits per heavy atom. The van der Waals surface area contributed by atoms with Crippen LogP contribution < -0.4 is 9.47 Å². The molecular formula is C24H28NO3. The molecule has 0 spiro atoms. The summed E-state index contributed by atoms with van der Waals surface area (Å²) in [5.41, 5.74) is 2.48. The molecule has 1 radical (unpaired) electrons. The molecule has 2 aromatic rings. The maximum atomic E-state index is 10.5. The van der Waals surface area contributed by atoms with Crippen LogP contribution in [0.25, 0.3) is 0 Å². The summed E-state index contributed by atoms with van der Waals surface area (Å²) in [6, 6.07) is 15.4. The van der Waals surface area contributed by atoms with Crippen molar-refractivity contribution in [2.45, 2.75) is 43.9 Å². The molecule has 0 unspecified atom stereocenters. The summed E-state index contributed by atoms with van der Waals surface area (Å²) in [5.74, 6) is 2.77. The predicted molar refractivity (Wildman–Crippen MR) is 108 cm³/mol. The molecule has 1 N–H and O–H groups in total. The van der Waals surface area contributed by atoms with Gasteiger partial charge in [-0.05, 0) is 68.0 Å². The fourth-order valence-electron chi connectivity index (χ4n) is 5.57. The molecule has 0 amide bonds. The average molecular weight is 378 g/mol. The lowest BCUT2D eigenvalue weighted by molar-refractivity contribution is 0.174. The van der Waals surface area contributed by atoms with Gasteiger partial charge in [0.1, 0.15) is 5.75 Å². The Morgan fingerprint density at radius 1 is 1.14 bits per heavy atom. The second kappa shape index (κ2) is 7.32. The first kappa shape index (κ1) is 17.9. The maximum absolute atomic E-state index is 10.5. The number of nitrogens with zero attached hydrogens (tertiary/aromatic N) is 1. The van der Waals surface area contributed by atoms with Crippen molar-refractivity contribution in [3.05, 3.63) is 53.6 Å². The highest BCUT2D eigenvalue weighted by Crippen LogP contribution is 2.51. The molecule has 1 saturated heterocycles. The molecule has 1 saturated carbocycles. The van der Waals surface area contributed by atoms with Crippen LogP contribution in [0.1, 0.15) is 43.2 Å². The van der Waals surface area contributed by atoms with Gasteiger partial charge in [0.2, 0.25) is 6.79 Å². The summed E-state index contributed by atoms with van der Waals surface area (Å²) in [7, 11) is 0. The molecule has 4 heteroatoms. The molecule has 28 heavy (non-hydrogen) atoms. The quantitative estimate of drug-likeness (QED) is 0.842. The number of ether oxygens (including phenoxy) is 2. The smallest absolute Gasteiger partial charge is 0.231 e. The van der Waals surface area contributed by atoms with Crippen LogP contribution in [0, 0.1) is 12.0 Å². The Morgan fingerprint density at radius 2 is 2.00 bits per heavy atom. The Labute approximate surface area is 167 Å². The predicted octanol–water partition coefficient (Wildman–Crippen LogP) is 4.30. The molecule has 5 rings (SSSR count). The van der Waals surface area contributed by atoms with Crippen molar-refractivity contribution < 1.29 is 14.6 Å². The summed E-state index contributed by atoms with van der Waals surface area (Å²) < 4.78 is 10.9. The van der Waals surface area contributed by atoms with E-state index in [-0.39, 0.29) is 5.41 Å². The third-order valence-corrected chi connectivity index (χ3v) is 7.04. The summed E-state index contributed by atoms with van der Waals surface area (Å²) >= 11 is 0. The third-order valence-electron chi connectivity index (χ3n) is 7.04. The zero-order valence-electron chi connectivity index (χ0n) is 16.3. The highest BCUT2D eigenvalue weighted by atomic mass is 16.7. The molecule has 4 nitrogen and oxygen atoms in total. The van der Waals surface area contributed by atoms with Gasteiger partial charge in [-0.3, -0.25) is 0 Å². The van der Waals surface area contributed by atoms with Crippen LogP contribution in [0.4, 0.5) is 0 Å². The highest BCUT2D eigenvalue weighted by molar-refractivity contribution is 5.44. The molecule has 1 atom stereocenters. The monoisotopic (exact) mass is 378 g/mol. The zero-order valence-corrected chi connectivity index (χ0v) is 16.3. The van der Waals surface area contributed by atoms with Gasteiger partial charge in [0.15, 0.2) is 11.5 Å². The minimum absolute atomic E-state index is 0.110. The summed E-state index contributed by atoms with van der Waals surface area (Å²) in [6.07, 6.45) is 7.12. The Hall–Kier alpha value is -2.20. The number of rotatable bonds is 5. The van der Waals surface area contributed by atoms with Gasteiger partial charge >= 0.3 is 0 Å². The topological polar surface area (TPSA) is 41.9 Å². The van der Waals surface area contributed by atoms with E-state index in [0.29, 0.717) is 18.5 Å². The molecule has 2 aromatic carbocycles. The first-order valence-electron chi connectivity index (χ1n) is 10.6. The van der Waals surface area contributed by atoms with Crippen molar-refractivity contribution in [3.8, 4) is 17.2 Å². The lowest BCUT2D eigenvalue weighted by atomic mass is 9.68. The second-order valence-corrected chi connectivity index (χ2v) is 8.52. The van der Waals surface area contributed by atoms with Gasteiger partial charge in [-0.1, -0.05) is 31.0 Å². The van der Waals surface area contributed by atoms with E-state index in [9.17, 15) is 5.11 Å². The number of likely N-dealkylation sites (tertiary alicyclic amines) is 1. The van der Waals surface area contributed by atoms with Crippen molar-refractivity contribution >= 4 is 0 Å². The van der Waals surface area contributed by atoms with Crippen molar-refractivity contribution in [1.29, 1.82) is 0 Å². The fourth-order valence-corrected chi connectivity index (χ4v) is 5.57. The molecule has 0 aromatic heterocycles. The van der Waals surface area contributed by atoms with E-state index in [1.54, 1.807) is 0 Å². The van der Waals surface area contributed by atoms with Gasteiger partial charge in [-0.2, -0.15) is 0 Å². The highest BCUT2D eigenvalue weighted by Gasteiger charge is 2.46. The van der Waals surface area contributed by atoms with E-state index in [2.05, 4.69) is 23.1 Å². The van der Waals surface area contributed by atoms with Gasteiger partial charge in [0, 0.05) is 24.1 Å². The summed E-state index contributed by atoms with van der Waals surface area (Å²) in [6.45, 7) is 3.66. The Balaban J connectivity index is 1.26. The van der Waals surface area contributed by atoms with E-state index in [1.165, 1.54) is 37.7 Å². The average Bonchev–Trinajstić information content (AvgIpc) is 3.46. The van der Waals surface area contributed by atoms with Crippen LogP contribution in [-0.4, -0.2) is 36.4 Å². The van der Waals surface area contributed by atoms with Crippen molar-refractivity contribution in [2.24, 2.45) is 5.92 Å². The lowest BCUT2D eigenvalue weighted by Gasteiger charge is -2.36. The second-order valence-electron chi connectivity index (χ2n) is 8.52. The van der Waals surface area contributed by atoms with Crippen LogP contribution in [0.15, 0.2) is 36.4 Å². The van der Waals surface area contributed by atoms with E-state index in [4.69, 9.17) is 9.47 Å². The van der Waals surface area contributed by atoms with Crippen molar-refractivity contribution in [3.63, 3.8) is 0 Å². The summed E-state index contributed by atoms with van der Waals surface area (Å²) in [5, 5.41) is 10.5. The van der Waals surface area contributed by atoms with Crippen LogP contribution in [0.3, 0.4) is 0 Å². The van der Waals surface area contributed by atoms with E-state index < -0.39 is 0 Å². The minimum Gasteiger partial charge on any atom is -0.508 e. The van der Waals surface area contributed by atoms with E-state index >= 15 is 0 Å². The van der Waals surface area contributed by atoms with Gasteiger partial charge in [0.05, 0.1) is 0 Å². The largest absolute Gasteiger partial charge is 0.508 e. The number of phenols is 1. The van der Waals surface area contributed by atoms with Crippen LogP contribution in [0.5, 0.6) is 17.2 Å². The maximum Gasteiger partial charge on any atom is 0.231 e. The van der Waals surface area contributed by atoms with Crippen molar-refractivity contribution in [1.82, 2.24) is 4.90 Å². The van der Waals surface area contributed by atoms with E-state index in [0.717, 1.165) is 43.1 Å². The molecule has 2 heterocycles. The number of phenolic OH excluding ortho intramolecular Hbond substituents is 1. The molecule has 2 aliphatic heterocycles. The molecular weight excluding hydrogens is 350 g/mol. The van der Waals surface area contributed by atoms with Crippen LogP contribution in [0.2, 0.25) is 0 Å². The SMILES string of the molecule is Oc1ccc[c]c1C1([C@@H]2CCN(CCc3ccc4c(c3)OCO4)C2)CCCC1. The van der Waals surface area contributed by atoms with Gasteiger partial charge in [-0.15, -0.1) is 0 Å². The van der Waals surface area contributed by atoms with Gasteiger partial charge in [-0.25, -0.2) is 0 Å². The fraction of sp³-hybridized carbons (Fsp3) is 0.500. The zero-order chi connectivity index (χ0) is 19.0. The van der Waals surface area contributed by atoms with E-state index in [1.807, 2.05) is 24.3 Å². The number of fused-ring (bicyclic) bond motifs is 1. The number of aromatic hydroxyl groups is 1. The number of benzene rings is 2. The molecule has 1 aliphatic carbocycles. The summed E-state index contributed by atoms with van der Waals surface area (Å²) in [4.78, 5) is 2.59.